The summed E-state index contributed by atoms with van der Waals surface area (Å²) in [4.78, 5) is 6.17. The van der Waals surface area contributed by atoms with Crippen molar-refractivity contribution in [2.24, 2.45) is 0 Å². The Morgan fingerprint density at radius 1 is 2.00 bits per heavy atom. The van der Waals surface area contributed by atoms with Crippen molar-refractivity contribution in [2.75, 3.05) is 12.9 Å². The Morgan fingerprint density at radius 3 is 2.83 bits per heavy atom. The fraction of sp³-hybridized carbons (Fsp3) is 1.00. The SMILES string of the molecule is CC[OH+]N1CP1. The molecule has 0 aromatic carbocycles. The van der Waals surface area contributed by atoms with Crippen LogP contribution in [-0.4, -0.2) is 22.6 Å². The first-order valence-corrected chi connectivity index (χ1v) is 3.27. The van der Waals surface area contributed by atoms with Crippen molar-refractivity contribution in [2.45, 2.75) is 6.92 Å². The second kappa shape index (κ2) is 1.87. The normalized spacial score (nSPS) is 34.5. The molecule has 6 heavy (non-hydrogen) atoms. The van der Waals surface area contributed by atoms with Crippen LogP contribution in [0.25, 0.3) is 0 Å². The lowest BCUT2D eigenvalue weighted by molar-refractivity contribution is -0.183. The first-order chi connectivity index (χ1) is 2.93. The summed E-state index contributed by atoms with van der Waals surface area (Å²) in [6.07, 6.45) is 1.22. The summed E-state index contributed by atoms with van der Waals surface area (Å²) in [6, 6.07) is 0. The molecule has 0 radical (unpaired) electrons. The van der Waals surface area contributed by atoms with Crippen LogP contribution in [-0.2, 0) is 0 Å². The number of hydroxylamine groups is 1. The molecular formula is C3H9NOP+. The lowest BCUT2D eigenvalue weighted by atomic mass is 10.9. The maximum atomic E-state index is 4.08. The minimum absolute atomic E-state index is 0.951. The van der Waals surface area contributed by atoms with E-state index < -0.39 is 0 Å². The van der Waals surface area contributed by atoms with Crippen molar-refractivity contribution in [1.82, 2.24) is 4.83 Å². The Kier molecular flexibility index (Phi) is 1.41. The van der Waals surface area contributed by atoms with E-state index in [1.54, 1.807) is 0 Å². The number of hydrogen-bond donors (Lipinski definition) is 0. The Hall–Kier alpha value is 0.350. The van der Waals surface area contributed by atoms with Gasteiger partial charge in [-0.1, -0.05) is 4.83 Å². The van der Waals surface area contributed by atoms with Crippen molar-refractivity contribution in [3.05, 3.63) is 0 Å². The Balaban J connectivity index is 1.88. The van der Waals surface area contributed by atoms with Gasteiger partial charge < -0.3 is 4.84 Å². The van der Waals surface area contributed by atoms with Crippen LogP contribution < -0.4 is 0 Å². The van der Waals surface area contributed by atoms with Gasteiger partial charge in [0.2, 0.25) is 0 Å². The van der Waals surface area contributed by atoms with Gasteiger partial charge in [0.15, 0.2) is 6.61 Å². The molecule has 36 valence electrons. The molecule has 0 aromatic rings. The third-order valence-electron chi connectivity index (χ3n) is 0.612. The van der Waals surface area contributed by atoms with Crippen LogP contribution in [0.15, 0.2) is 0 Å². The van der Waals surface area contributed by atoms with Crippen LogP contribution in [0.3, 0.4) is 0 Å². The van der Waals surface area contributed by atoms with Crippen LogP contribution in [0.2, 0.25) is 0 Å². The predicted molar refractivity (Wildman–Crippen MR) is 27.8 cm³/mol. The van der Waals surface area contributed by atoms with Gasteiger partial charge in [0.05, 0.1) is 8.73 Å². The van der Waals surface area contributed by atoms with E-state index in [4.69, 9.17) is 0 Å². The van der Waals surface area contributed by atoms with Gasteiger partial charge in [-0.25, -0.2) is 0 Å². The fourth-order valence-electron chi connectivity index (χ4n) is 0.302. The second-order valence-electron chi connectivity index (χ2n) is 1.17. The van der Waals surface area contributed by atoms with E-state index in [0.29, 0.717) is 0 Å². The van der Waals surface area contributed by atoms with Crippen molar-refractivity contribution in [1.29, 1.82) is 0 Å². The van der Waals surface area contributed by atoms with E-state index in [9.17, 15) is 0 Å². The van der Waals surface area contributed by atoms with E-state index in [0.717, 1.165) is 15.3 Å². The fourth-order valence-corrected chi connectivity index (χ4v) is 0.707. The quantitative estimate of drug-likeness (QED) is 0.281. The lowest BCUT2D eigenvalue weighted by Gasteiger charge is -1.87. The molecule has 2 unspecified atom stereocenters. The van der Waals surface area contributed by atoms with E-state index in [1.807, 2.05) is 0 Å². The highest BCUT2D eigenvalue weighted by Crippen LogP contribution is 2.34. The lowest BCUT2D eigenvalue weighted by Crippen LogP contribution is -2.00. The van der Waals surface area contributed by atoms with Gasteiger partial charge >= 0.3 is 0 Å². The molecule has 1 aliphatic heterocycles. The predicted octanol–water partition coefficient (Wildman–Crippen LogP) is 0.316. The summed E-state index contributed by atoms with van der Waals surface area (Å²) in [5.74, 6) is 0. The zero-order valence-corrected chi connectivity index (χ0v) is 4.81. The topological polar surface area (TPSA) is 15.8 Å². The molecule has 1 saturated heterocycles. The molecule has 3 heteroatoms. The van der Waals surface area contributed by atoms with Crippen LogP contribution in [0.5, 0.6) is 0 Å². The van der Waals surface area contributed by atoms with Crippen LogP contribution >= 0.6 is 8.73 Å². The number of rotatable bonds is 2. The standard InChI is InChI=1S/C3H8NOP/c1-2-5-4-3-6-4/h6H,2-3H2,1H3/p+1. The molecule has 0 aromatic heterocycles. The van der Waals surface area contributed by atoms with Crippen molar-refractivity contribution >= 4 is 8.73 Å². The van der Waals surface area contributed by atoms with Crippen molar-refractivity contribution in [3.63, 3.8) is 0 Å². The van der Waals surface area contributed by atoms with Gasteiger partial charge in [-0.2, -0.15) is 0 Å². The average Bonchev–Trinajstić information content (AvgIpc) is 2.21. The second-order valence-corrected chi connectivity index (χ2v) is 2.32. The summed E-state index contributed by atoms with van der Waals surface area (Å²) in [5, 5.41) is 0. The zero-order chi connectivity index (χ0) is 4.41. The van der Waals surface area contributed by atoms with Crippen LogP contribution in [0, 0.1) is 0 Å². The highest BCUT2D eigenvalue weighted by molar-refractivity contribution is 7.42. The molecule has 1 N–H and O–H groups in total. The summed E-state index contributed by atoms with van der Waals surface area (Å²) in [5.41, 5.74) is 0. The van der Waals surface area contributed by atoms with Gasteiger partial charge in [0.25, 0.3) is 0 Å². The summed E-state index contributed by atoms with van der Waals surface area (Å²) >= 11 is 0. The molecule has 2 atom stereocenters. The minimum Gasteiger partial charge on any atom is -0.324 e. The van der Waals surface area contributed by atoms with E-state index >= 15 is 0 Å². The Morgan fingerprint density at radius 2 is 2.67 bits per heavy atom. The van der Waals surface area contributed by atoms with Gasteiger partial charge in [0, 0.05) is 6.92 Å². The number of aliphatic hydroxyl groups is 1. The van der Waals surface area contributed by atoms with Crippen LogP contribution in [0.1, 0.15) is 6.92 Å². The van der Waals surface area contributed by atoms with E-state index in [-0.39, 0.29) is 0 Å². The third-order valence-corrected chi connectivity index (χ3v) is 1.35. The van der Waals surface area contributed by atoms with E-state index in [1.165, 1.54) is 6.29 Å². The highest BCUT2D eigenvalue weighted by Gasteiger charge is 2.22. The monoisotopic (exact) mass is 106 g/mol. The van der Waals surface area contributed by atoms with Crippen molar-refractivity contribution < 1.29 is 4.84 Å². The van der Waals surface area contributed by atoms with Gasteiger partial charge in [-0.3, -0.25) is 0 Å². The third kappa shape index (κ3) is 1.21. The van der Waals surface area contributed by atoms with Gasteiger partial charge in [-0.15, -0.1) is 0 Å². The molecule has 1 aliphatic rings. The molecule has 0 spiro atoms. The maximum Gasteiger partial charge on any atom is 0.164 e. The first kappa shape index (κ1) is 4.51. The first-order valence-electron chi connectivity index (χ1n) is 2.12. The van der Waals surface area contributed by atoms with Crippen LogP contribution in [0.4, 0.5) is 0 Å². The molecule has 1 heterocycles. The van der Waals surface area contributed by atoms with Crippen molar-refractivity contribution in [3.8, 4) is 0 Å². The highest BCUT2D eigenvalue weighted by atomic mass is 31.1. The Bertz CT molecular complexity index is 46.1. The molecule has 1 rings (SSSR count). The molecule has 2 nitrogen and oxygen atoms in total. The number of nitrogens with zero attached hydrogens (tertiary/aromatic N) is 1. The summed E-state index contributed by atoms with van der Waals surface area (Å²) in [6.45, 7) is 3.01. The molecular weight excluding hydrogens is 97.0 g/mol. The minimum atomic E-state index is 0.951. The molecule has 0 bridgehead atoms. The summed E-state index contributed by atoms with van der Waals surface area (Å²) in [7, 11) is 0.998. The zero-order valence-electron chi connectivity index (χ0n) is 3.81. The van der Waals surface area contributed by atoms with Gasteiger partial charge in [-0.05, 0) is 0 Å². The summed E-state index contributed by atoms with van der Waals surface area (Å²) < 4.78 is 0. The average molecular weight is 106 g/mol. The largest absolute Gasteiger partial charge is 0.324 e. The Labute approximate surface area is 39.3 Å². The molecule has 1 fully saturated rings. The smallest absolute Gasteiger partial charge is 0.164 e. The molecule has 0 amide bonds. The maximum absolute atomic E-state index is 4.08. The number of hydrogen-bond acceptors (Lipinski definition) is 1. The van der Waals surface area contributed by atoms with E-state index in [2.05, 4.69) is 16.6 Å². The van der Waals surface area contributed by atoms with Gasteiger partial charge in [0.1, 0.15) is 6.29 Å². The molecule has 0 aliphatic carbocycles. The molecule has 0 saturated carbocycles.